The average molecular weight is 487 g/mol. The van der Waals surface area contributed by atoms with Crippen LogP contribution in [0.5, 0.6) is 5.75 Å². The number of fused-ring (bicyclic) bond motifs is 1. The third kappa shape index (κ3) is 6.13. The summed E-state index contributed by atoms with van der Waals surface area (Å²) in [6.07, 6.45) is 6.76. The summed E-state index contributed by atoms with van der Waals surface area (Å²) in [5.74, 6) is 0.229. The van der Waals surface area contributed by atoms with E-state index in [2.05, 4.69) is 5.32 Å². The van der Waals surface area contributed by atoms with E-state index in [-0.39, 0.29) is 30.3 Å². The van der Waals surface area contributed by atoms with Gasteiger partial charge in [-0.2, -0.15) is 0 Å². The number of carbonyl (C=O) groups is 2. The van der Waals surface area contributed by atoms with Crippen molar-refractivity contribution >= 4 is 12.3 Å². The zero-order valence-corrected chi connectivity index (χ0v) is 20.5. The van der Waals surface area contributed by atoms with Crippen molar-refractivity contribution in [2.75, 3.05) is 6.54 Å². The summed E-state index contributed by atoms with van der Waals surface area (Å²) in [5, 5.41) is 22.2. The number of hydrogen-bond donors (Lipinski definition) is 3. The van der Waals surface area contributed by atoms with Crippen LogP contribution in [0.25, 0.3) is 0 Å². The molecule has 2 aliphatic rings. The molecule has 0 aromatic heterocycles. The molecule has 0 bridgehead atoms. The van der Waals surface area contributed by atoms with Crippen LogP contribution in [-0.4, -0.2) is 40.0 Å². The minimum atomic E-state index is -0.123. The number of amides is 2. The van der Waals surface area contributed by atoms with E-state index in [0.717, 1.165) is 61.6 Å². The monoisotopic (exact) mass is 486 g/mol. The zero-order chi connectivity index (χ0) is 25.3. The van der Waals surface area contributed by atoms with Crippen molar-refractivity contribution < 1.29 is 19.8 Å². The number of nitrogens with zero attached hydrogens (tertiary/aromatic N) is 1. The Kier molecular flexibility index (Phi) is 8.74. The van der Waals surface area contributed by atoms with Gasteiger partial charge in [-0.15, -0.1) is 0 Å². The fourth-order valence-corrected chi connectivity index (χ4v) is 5.28. The maximum absolute atomic E-state index is 13.2. The molecule has 1 heterocycles. The SMILES string of the molecule is O=C1c2ccccc2CC(c2cc(O)cc(CO)c2)N1C1CCCC1.O=CNCCc1ccccc1. The highest BCUT2D eigenvalue weighted by atomic mass is 16.3. The summed E-state index contributed by atoms with van der Waals surface area (Å²) < 4.78 is 0. The van der Waals surface area contributed by atoms with Crippen LogP contribution in [0.2, 0.25) is 0 Å². The van der Waals surface area contributed by atoms with E-state index in [1.165, 1.54) is 5.56 Å². The smallest absolute Gasteiger partial charge is 0.254 e. The number of aliphatic hydroxyl groups is 1. The minimum Gasteiger partial charge on any atom is -0.508 e. The van der Waals surface area contributed by atoms with Gasteiger partial charge in [0.1, 0.15) is 5.75 Å². The molecule has 6 nitrogen and oxygen atoms in total. The van der Waals surface area contributed by atoms with Gasteiger partial charge in [-0.3, -0.25) is 9.59 Å². The van der Waals surface area contributed by atoms with Gasteiger partial charge < -0.3 is 20.4 Å². The Hall–Kier alpha value is -3.64. The van der Waals surface area contributed by atoms with E-state index >= 15 is 0 Å². The first-order valence-corrected chi connectivity index (χ1v) is 12.7. The topological polar surface area (TPSA) is 89.9 Å². The van der Waals surface area contributed by atoms with Gasteiger partial charge in [0.05, 0.1) is 12.6 Å². The van der Waals surface area contributed by atoms with Gasteiger partial charge in [0.15, 0.2) is 0 Å². The highest BCUT2D eigenvalue weighted by Gasteiger charge is 2.38. The minimum absolute atomic E-state index is 0.0904. The predicted molar refractivity (Wildman–Crippen MR) is 140 cm³/mol. The van der Waals surface area contributed by atoms with E-state index in [9.17, 15) is 19.8 Å². The van der Waals surface area contributed by atoms with Crippen LogP contribution in [0.3, 0.4) is 0 Å². The third-order valence-corrected chi connectivity index (χ3v) is 7.00. The number of nitrogens with one attached hydrogen (secondary N) is 1. The van der Waals surface area contributed by atoms with Crippen molar-refractivity contribution in [3.63, 3.8) is 0 Å². The van der Waals surface area contributed by atoms with Gasteiger partial charge in [0.25, 0.3) is 5.91 Å². The summed E-state index contributed by atoms with van der Waals surface area (Å²) in [4.78, 5) is 25.2. The number of phenols is 1. The molecule has 3 aromatic carbocycles. The Labute approximate surface area is 212 Å². The largest absolute Gasteiger partial charge is 0.508 e. The lowest BCUT2D eigenvalue weighted by molar-refractivity contribution is -0.109. The number of phenolic OH excluding ortho intramolecular Hbond substituents is 1. The highest BCUT2D eigenvalue weighted by Crippen LogP contribution is 2.39. The van der Waals surface area contributed by atoms with Crippen LogP contribution < -0.4 is 5.32 Å². The lowest BCUT2D eigenvalue weighted by Crippen LogP contribution is -2.45. The van der Waals surface area contributed by atoms with Gasteiger partial charge in [-0.05, 0) is 66.1 Å². The van der Waals surface area contributed by atoms with E-state index in [0.29, 0.717) is 12.1 Å². The highest BCUT2D eigenvalue weighted by molar-refractivity contribution is 5.97. The van der Waals surface area contributed by atoms with Crippen molar-refractivity contribution in [1.29, 1.82) is 0 Å². The molecule has 0 saturated heterocycles. The van der Waals surface area contributed by atoms with Crippen molar-refractivity contribution in [1.82, 2.24) is 10.2 Å². The summed E-state index contributed by atoms with van der Waals surface area (Å²) in [6, 6.07) is 23.3. The third-order valence-electron chi connectivity index (χ3n) is 7.00. The molecular formula is C30H34N2O4. The Morgan fingerprint density at radius 1 is 0.944 bits per heavy atom. The van der Waals surface area contributed by atoms with E-state index in [1.54, 1.807) is 12.1 Å². The summed E-state index contributed by atoms with van der Waals surface area (Å²) in [7, 11) is 0. The molecule has 1 aliphatic carbocycles. The number of rotatable bonds is 7. The normalized spacial score (nSPS) is 17.2. The number of benzene rings is 3. The second-order valence-corrected chi connectivity index (χ2v) is 9.43. The molecule has 1 saturated carbocycles. The Morgan fingerprint density at radius 2 is 1.67 bits per heavy atom. The van der Waals surface area contributed by atoms with Gasteiger partial charge in [0.2, 0.25) is 6.41 Å². The molecule has 3 aromatic rings. The van der Waals surface area contributed by atoms with Crippen molar-refractivity contribution in [2.24, 2.45) is 0 Å². The van der Waals surface area contributed by atoms with Gasteiger partial charge in [0, 0.05) is 18.2 Å². The number of carbonyl (C=O) groups excluding carboxylic acids is 2. The van der Waals surface area contributed by atoms with E-state index in [1.807, 2.05) is 65.6 Å². The van der Waals surface area contributed by atoms with Crippen LogP contribution in [0, 0.1) is 0 Å². The van der Waals surface area contributed by atoms with Crippen LogP contribution >= 0.6 is 0 Å². The molecule has 188 valence electrons. The molecule has 1 unspecified atom stereocenters. The molecule has 6 heteroatoms. The summed E-state index contributed by atoms with van der Waals surface area (Å²) in [5.41, 5.74) is 4.68. The summed E-state index contributed by atoms with van der Waals surface area (Å²) in [6.45, 7) is 0.593. The molecule has 3 N–H and O–H groups in total. The van der Waals surface area contributed by atoms with Crippen LogP contribution in [-0.2, 0) is 24.2 Å². The maximum Gasteiger partial charge on any atom is 0.254 e. The molecule has 1 atom stereocenters. The fourth-order valence-electron chi connectivity index (χ4n) is 5.28. The maximum atomic E-state index is 13.2. The molecule has 5 rings (SSSR count). The standard InChI is InChI=1S/C21H23NO3.C9H11NO/c23-13-14-9-16(11-18(24)10-14)20-12-15-5-1-4-8-19(15)21(25)22(20)17-6-2-3-7-17;11-8-10-7-6-9-4-2-1-3-5-9/h1,4-5,8-11,17,20,23-24H,2-3,6-7,12-13H2;1-5,8H,6-7H2,(H,10,11). The Bertz CT molecular complexity index is 1160. The van der Waals surface area contributed by atoms with Gasteiger partial charge in [-0.1, -0.05) is 67.4 Å². The van der Waals surface area contributed by atoms with Gasteiger partial charge in [-0.25, -0.2) is 0 Å². The first-order valence-electron chi connectivity index (χ1n) is 12.7. The van der Waals surface area contributed by atoms with Gasteiger partial charge >= 0.3 is 0 Å². The second-order valence-electron chi connectivity index (χ2n) is 9.43. The molecule has 1 fully saturated rings. The van der Waals surface area contributed by atoms with Crippen molar-refractivity contribution in [2.45, 2.75) is 57.2 Å². The number of hydrogen-bond acceptors (Lipinski definition) is 4. The van der Waals surface area contributed by atoms with Crippen molar-refractivity contribution in [3.8, 4) is 5.75 Å². The second kappa shape index (κ2) is 12.4. The van der Waals surface area contributed by atoms with Crippen LogP contribution in [0.1, 0.15) is 64.3 Å². The van der Waals surface area contributed by atoms with E-state index < -0.39 is 0 Å². The molecule has 2 amide bonds. The predicted octanol–water partition coefficient (Wildman–Crippen LogP) is 4.54. The Balaban J connectivity index is 0.000000233. The number of aliphatic hydroxyl groups excluding tert-OH is 1. The lowest BCUT2D eigenvalue weighted by atomic mass is 9.87. The summed E-state index contributed by atoms with van der Waals surface area (Å²) >= 11 is 0. The molecule has 36 heavy (non-hydrogen) atoms. The van der Waals surface area contributed by atoms with Crippen LogP contribution in [0.4, 0.5) is 0 Å². The average Bonchev–Trinajstić information content (AvgIpc) is 3.44. The molecule has 1 aliphatic heterocycles. The van der Waals surface area contributed by atoms with Crippen molar-refractivity contribution in [3.05, 3.63) is 101 Å². The molecule has 0 radical (unpaired) electrons. The van der Waals surface area contributed by atoms with Crippen LogP contribution in [0.15, 0.2) is 72.8 Å². The fraction of sp³-hybridized carbons (Fsp3) is 0.333. The zero-order valence-electron chi connectivity index (χ0n) is 20.5. The number of aromatic hydroxyl groups is 1. The molecule has 0 spiro atoms. The molecular weight excluding hydrogens is 452 g/mol. The Morgan fingerprint density at radius 3 is 2.39 bits per heavy atom. The first-order chi connectivity index (χ1) is 17.6. The first kappa shape index (κ1) is 25.5. The quantitative estimate of drug-likeness (QED) is 0.338. The lowest BCUT2D eigenvalue weighted by Gasteiger charge is -2.41. The van der Waals surface area contributed by atoms with E-state index in [4.69, 9.17) is 0 Å².